The third-order valence-electron chi connectivity index (χ3n) is 3.52. The fourth-order valence-corrected chi connectivity index (χ4v) is 3.68. The molecule has 0 aliphatic carbocycles. The predicted molar refractivity (Wildman–Crippen MR) is 100 cm³/mol. The molecule has 0 aliphatic rings. The van der Waals surface area contributed by atoms with Crippen LogP contribution in [0.1, 0.15) is 22.3 Å². The van der Waals surface area contributed by atoms with Gasteiger partial charge in [0.1, 0.15) is 5.75 Å². The summed E-state index contributed by atoms with van der Waals surface area (Å²) < 4.78 is 65.5. The van der Waals surface area contributed by atoms with E-state index in [-0.39, 0.29) is 23.0 Å². The average molecular weight is 427 g/mol. The van der Waals surface area contributed by atoms with Crippen molar-refractivity contribution >= 4 is 26.2 Å². The third-order valence-corrected chi connectivity index (χ3v) is 5.53. The van der Waals surface area contributed by atoms with E-state index in [1.807, 2.05) is 0 Å². The number of hydrogen-bond acceptors (Lipinski definition) is 7. The largest absolute Gasteiger partial charge is 0.450 e. The van der Waals surface area contributed by atoms with E-state index in [2.05, 4.69) is 0 Å². The normalized spacial score (nSPS) is 12.1. The van der Waals surface area contributed by atoms with E-state index in [4.69, 9.17) is 13.5 Å². The van der Waals surface area contributed by atoms with Gasteiger partial charge in [0.15, 0.2) is 6.10 Å². The van der Waals surface area contributed by atoms with Crippen LogP contribution in [0.4, 0.5) is 0 Å². The van der Waals surface area contributed by atoms with Crippen LogP contribution in [0, 0.1) is 13.0 Å². The van der Waals surface area contributed by atoms with Crippen molar-refractivity contribution < 1.29 is 35.1 Å². The topological polar surface area (TPSA) is 124 Å². The first kappa shape index (κ1) is 22.0. The molecule has 2 aromatic rings. The van der Waals surface area contributed by atoms with Crippen LogP contribution in [0.2, 0.25) is 0 Å². The molecule has 2 rings (SSSR count). The minimum absolute atomic E-state index is 0.0595. The summed E-state index contributed by atoms with van der Waals surface area (Å²) in [5, 5.41) is 0. The standard InChI is InChI=1S/C18H19O8S2/c1-14-7-9-17(10-8-14)28(23,24)25-12-11-16(13-27(20,21)22)26-18(19)15-5-3-2-4-6-15/h2-10H,11-13H2,1H3,(H,20,21,22). The average Bonchev–Trinajstić information content (AvgIpc) is 2.61. The highest BCUT2D eigenvalue weighted by molar-refractivity contribution is 7.86. The van der Waals surface area contributed by atoms with Crippen LogP contribution >= 0.6 is 0 Å². The summed E-state index contributed by atoms with van der Waals surface area (Å²) in [6.45, 7) is 1.33. The highest BCUT2D eigenvalue weighted by Crippen LogP contribution is 2.18. The second-order valence-corrected chi connectivity index (χ2v) is 8.93. The number of aryl methyl sites for hydroxylation is 1. The minimum Gasteiger partial charge on any atom is -0.450 e. The Morgan fingerprint density at radius 2 is 1.57 bits per heavy atom. The van der Waals surface area contributed by atoms with Crippen LogP contribution in [0.5, 0.6) is 0 Å². The molecule has 0 aliphatic heterocycles. The predicted octanol–water partition coefficient (Wildman–Crippen LogP) is 2.37. The van der Waals surface area contributed by atoms with Crippen molar-refractivity contribution in [3.63, 3.8) is 0 Å². The Labute approximate surface area is 164 Å². The van der Waals surface area contributed by atoms with Gasteiger partial charge < -0.3 is 4.74 Å². The molecule has 0 bridgehead atoms. The van der Waals surface area contributed by atoms with Crippen molar-refractivity contribution in [1.29, 1.82) is 0 Å². The molecule has 0 amide bonds. The lowest BCUT2D eigenvalue weighted by molar-refractivity contribution is 0.0514. The fraction of sp³-hybridized carbons (Fsp3) is 0.222. The molecule has 8 nitrogen and oxygen atoms in total. The van der Waals surface area contributed by atoms with Gasteiger partial charge in [-0.3, -0.25) is 8.74 Å². The molecular formula is C18H19O8S2. The van der Waals surface area contributed by atoms with Gasteiger partial charge in [-0.25, -0.2) is 4.79 Å². The van der Waals surface area contributed by atoms with Gasteiger partial charge in [-0.2, -0.15) is 16.8 Å². The van der Waals surface area contributed by atoms with Crippen molar-refractivity contribution in [1.82, 2.24) is 0 Å². The van der Waals surface area contributed by atoms with Crippen LogP contribution in [0.25, 0.3) is 0 Å². The minimum atomic E-state index is -4.49. The maximum Gasteiger partial charge on any atom is 0.338 e. The molecule has 0 atom stereocenters. The lowest BCUT2D eigenvalue weighted by Crippen LogP contribution is -2.22. The number of hydrogen-bond donors (Lipinski definition) is 1. The molecule has 0 spiro atoms. The molecule has 151 valence electrons. The molecule has 10 heteroatoms. The Morgan fingerprint density at radius 1 is 0.964 bits per heavy atom. The molecular weight excluding hydrogens is 408 g/mol. The van der Waals surface area contributed by atoms with Gasteiger partial charge in [-0.1, -0.05) is 35.9 Å². The molecule has 0 saturated carbocycles. The molecule has 2 aromatic carbocycles. The fourth-order valence-electron chi connectivity index (χ4n) is 2.16. The van der Waals surface area contributed by atoms with E-state index < -0.39 is 38.6 Å². The maximum atomic E-state index is 12.1. The van der Waals surface area contributed by atoms with Crippen molar-refractivity contribution in [2.24, 2.45) is 0 Å². The van der Waals surface area contributed by atoms with Gasteiger partial charge in [0.25, 0.3) is 20.2 Å². The highest BCUT2D eigenvalue weighted by Gasteiger charge is 2.25. The molecule has 0 fully saturated rings. The zero-order valence-corrected chi connectivity index (χ0v) is 16.6. The summed E-state index contributed by atoms with van der Waals surface area (Å²) >= 11 is 0. The Bertz CT molecular complexity index is 997. The van der Waals surface area contributed by atoms with Crippen molar-refractivity contribution in [3.05, 3.63) is 71.8 Å². The summed E-state index contributed by atoms with van der Waals surface area (Å²) in [4.78, 5) is 12.0. The second-order valence-electron chi connectivity index (χ2n) is 5.86. The number of rotatable bonds is 9. The highest BCUT2D eigenvalue weighted by atomic mass is 32.2. The number of esters is 1. The van der Waals surface area contributed by atoms with Crippen molar-refractivity contribution in [2.45, 2.75) is 18.2 Å². The Balaban J connectivity index is 2.02. The van der Waals surface area contributed by atoms with E-state index in [0.29, 0.717) is 0 Å². The van der Waals surface area contributed by atoms with Gasteiger partial charge in [0, 0.05) is 6.42 Å². The second kappa shape index (κ2) is 9.28. The van der Waals surface area contributed by atoms with E-state index in [9.17, 15) is 21.6 Å². The summed E-state index contributed by atoms with van der Waals surface area (Å²) in [6, 6.07) is 13.8. The maximum absolute atomic E-state index is 12.1. The summed E-state index contributed by atoms with van der Waals surface area (Å²) in [5.41, 5.74) is 1.04. The third kappa shape index (κ3) is 7.04. The number of benzene rings is 2. The van der Waals surface area contributed by atoms with Gasteiger partial charge in [0.2, 0.25) is 0 Å². The Hall–Kier alpha value is -2.27. The Morgan fingerprint density at radius 3 is 2.14 bits per heavy atom. The van der Waals surface area contributed by atoms with Gasteiger partial charge in [-0.15, -0.1) is 0 Å². The molecule has 1 N–H and O–H groups in total. The number of carbonyl (C=O) groups excluding carboxylic acids is 1. The molecule has 0 heterocycles. The van der Waals surface area contributed by atoms with Gasteiger partial charge in [-0.05, 0) is 31.2 Å². The Kier molecular flexibility index (Phi) is 7.30. The lowest BCUT2D eigenvalue weighted by Gasteiger charge is -2.15. The van der Waals surface area contributed by atoms with E-state index >= 15 is 0 Å². The van der Waals surface area contributed by atoms with Crippen LogP contribution in [0.15, 0.2) is 59.5 Å². The number of carbonyl (C=O) groups is 1. The van der Waals surface area contributed by atoms with Crippen LogP contribution in [0.3, 0.4) is 0 Å². The smallest absolute Gasteiger partial charge is 0.338 e. The quantitative estimate of drug-likeness (QED) is 0.367. The molecule has 0 unspecified atom stereocenters. The van der Waals surface area contributed by atoms with Crippen LogP contribution < -0.4 is 0 Å². The van der Waals surface area contributed by atoms with Crippen LogP contribution in [-0.2, 0) is 29.2 Å². The zero-order valence-electron chi connectivity index (χ0n) is 14.9. The lowest BCUT2D eigenvalue weighted by atomic mass is 10.2. The first-order valence-electron chi connectivity index (χ1n) is 8.10. The van der Waals surface area contributed by atoms with Gasteiger partial charge in [0.05, 0.1) is 17.1 Å². The van der Waals surface area contributed by atoms with Gasteiger partial charge >= 0.3 is 5.97 Å². The first-order valence-corrected chi connectivity index (χ1v) is 11.1. The first-order chi connectivity index (χ1) is 13.1. The zero-order chi connectivity index (χ0) is 20.8. The van der Waals surface area contributed by atoms with E-state index in [1.165, 1.54) is 24.3 Å². The van der Waals surface area contributed by atoms with Crippen molar-refractivity contribution in [2.75, 3.05) is 12.4 Å². The molecule has 0 aromatic heterocycles. The summed E-state index contributed by atoms with van der Waals surface area (Å²) in [5.74, 6) is -1.79. The van der Waals surface area contributed by atoms with Crippen LogP contribution in [-0.4, -0.2) is 39.7 Å². The summed E-state index contributed by atoms with van der Waals surface area (Å²) in [6.07, 6.45) is -0.667. The molecule has 28 heavy (non-hydrogen) atoms. The van der Waals surface area contributed by atoms with E-state index in [1.54, 1.807) is 37.3 Å². The number of ether oxygens (including phenoxy) is 1. The molecule has 1 radical (unpaired) electrons. The summed E-state index contributed by atoms with van der Waals surface area (Å²) in [7, 11) is -8.56. The van der Waals surface area contributed by atoms with E-state index in [0.717, 1.165) is 5.56 Å². The molecule has 0 saturated heterocycles. The SMILES string of the molecule is Cc1ccc(S(=O)(=O)OCC[C](CS(=O)(=O)O)OC(=O)c2ccccc2)cc1. The monoisotopic (exact) mass is 427 g/mol. The van der Waals surface area contributed by atoms with Crippen molar-refractivity contribution in [3.8, 4) is 0 Å².